The maximum Gasteiger partial charge on any atom is 0.255 e. The van der Waals surface area contributed by atoms with Gasteiger partial charge in [-0.15, -0.1) is 0 Å². The highest BCUT2D eigenvalue weighted by Crippen LogP contribution is 2.52. The van der Waals surface area contributed by atoms with Gasteiger partial charge in [0.1, 0.15) is 28.6 Å². The summed E-state index contributed by atoms with van der Waals surface area (Å²) in [5, 5.41) is 47.7. The van der Waals surface area contributed by atoms with E-state index >= 15 is 0 Å². The highest BCUT2D eigenvalue weighted by atomic mass is 16.5. The molecule has 0 unspecified atom stereocenters. The first kappa shape index (κ1) is 28.9. The summed E-state index contributed by atoms with van der Waals surface area (Å²) in [6, 6.07) is 9.52. The summed E-state index contributed by atoms with van der Waals surface area (Å²) < 4.78 is 5.70. The number of primary amides is 1. The number of aromatic hydroxyl groups is 1. The fraction of sp³-hybridized carbons (Fsp3) is 0.424. The minimum atomic E-state index is -2.59. The molecule has 1 amide bonds. The van der Waals surface area contributed by atoms with Gasteiger partial charge in [-0.2, -0.15) is 0 Å². The van der Waals surface area contributed by atoms with Crippen LogP contribution < -0.4 is 15.8 Å². The molecule has 6 rings (SSSR count). The van der Waals surface area contributed by atoms with Crippen LogP contribution in [0.15, 0.2) is 53.0 Å². The summed E-state index contributed by atoms with van der Waals surface area (Å²) in [5.41, 5.74) is 4.73. The van der Waals surface area contributed by atoms with Crippen molar-refractivity contribution in [1.29, 1.82) is 0 Å². The molecular formula is C33H36N2O8. The standard InChI is InChI=1S/C33H36N2O8/c1-43-25-10-7-16(15-35-19-5-3-2-4-6-19)11-21(25)20-8-9-23(36)27-22(20)13-17-12-18-14-24(37)28(32(34)41)31(40)33(18,42)30(39)26(17)29(27)38/h7-11,17-19,35-37,39,42H,2-6,12-15H2,1H3,(H2,34,41)/t17-,18+,33+/m1/s1. The normalized spacial score (nSPS) is 25.7. The van der Waals surface area contributed by atoms with Gasteiger partial charge in [-0.05, 0) is 66.5 Å². The zero-order valence-corrected chi connectivity index (χ0v) is 24.0. The summed E-state index contributed by atoms with van der Waals surface area (Å²) in [4.78, 5) is 39.0. The SMILES string of the molecule is COc1ccc(CNC2CCCCC2)cc1-c1ccc(O)c2c1C[C@H]1C[C@H]3CC(O)=C(C(N)=O)C(=O)[C@@]3(O)C(O)=C1C2=O. The third-order valence-corrected chi connectivity index (χ3v) is 9.70. The number of nitrogens with one attached hydrogen (secondary N) is 1. The Morgan fingerprint density at radius 2 is 1.79 bits per heavy atom. The van der Waals surface area contributed by atoms with Crippen LogP contribution in [0.1, 0.15) is 66.4 Å². The first-order valence-corrected chi connectivity index (χ1v) is 14.8. The number of nitrogens with two attached hydrogens (primary N) is 1. The van der Waals surface area contributed by atoms with Gasteiger partial charge in [0.2, 0.25) is 5.78 Å². The number of ether oxygens (including phenoxy) is 1. The number of Topliss-reactive ketones (excluding diaryl/α,β-unsaturated/α-hetero) is 2. The van der Waals surface area contributed by atoms with E-state index in [9.17, 15) is 34.8 Å². The number of rotatable bonds is 6. The topological polar surface area (TPSA) is 179 Å². The molecule has 226 valence electrons. The molecule has 4 aliphatic rings. The minimum absolute atomic E-state index is 0.0260. The first-order chi connectivity index (χ1) is 20.6. The van der Waals surface area contributed by atoms with Crippen molar-refractivity contribution in [2.75, 3.05) is 7.11 Å². The van der Waals surface area contributed by atoms with Crippen LogP contribution in [0.4, 0.5) is 0 Å². The molecule has 0 heterocycles. The Kier molecular flexibility index (Phi) is 7.30. The van der Waals surface area contributed by atoms with E-state index in [-0.39, 0.29) is 36.1 Å². The summed E-state index contributed by atoms with van der Waals surface area (Å²) >= 11 is 0. The van der Waals surface area contributed by atoms with Crippen molar-refractivity contribution in [3.8, 4) is 22.6 Å². The molecule has 2 aromatic carbocycles. The second-order valence-corrected chi connectivity index (χ2v) is 12.1. The van der Waals surface area contributed by atoms with E-state index in [0.29, 0.717) is 29.5 Å². The maximum absolute atomic E-state index is 14.0. The Hall–Kier alpha value is -4.15. The average Bonchev–Trinajstić information content (AvgIpc) is 2.98. The van der Waals surface area contributed by atoms with Crippen LogP contribution in [0.5, 0.6) is 11.5 Å². The smallest absolute Gasteiger partial charge is 0.255 e. The number of methoxy groups -OCH3 is 1. The summed E-state index contributed by atoms with van der Waals surface area (Å²) in [5.74, 6) is -5.91. The van der Waals surface area contributed by atoms with Gasteiger partial charge in [0.15, 0.2) is 11.4 Å². The van der Waals surface area contributed by atoms with E-state index in [4.69, 9.17) is 10.5 Å². The molecule has 10 nitrogen and oxygen atoms in total. The van der Waals surface area contributed by atoms with Gasteiger partial charge >= 0.3 is 0 Å². The van der Waals surface area contributed by atoms with E-state index in [1.165, 1.54) is 25.3 Å². The Labute approximate surface area is 248 Å². The van der Waals surface area contributed by atoms with Gasteiger partial charge in [-0.1, -0.05) is 31.4 Å². The number of carbonyl (C=O) groups is 3. The summed E-state index contributed by atoms with van der Waals surface area (Å²) in [6.45, 7) is 0.669. The highest BCUT2D eigenvalue weighted by molar-refractivity contribution is 6.24. The number of phenols is 1. The monoisotopic (exact) mass is 588 g/mol. The van der Waals surface area contributed by atoms with Crippen molar-refractivity contribution < 1.29 is 39.5 Å². The number of carbonyl (C=O) groups excluding carboxylic acids is 3. The summed E-state index contributed by atoms with van der Waals surface area (Å²) in [7, 11) is 1.57. The average molecular weight is 589 g/mol. The van der Waals surface area contributed by atoms with Gasteiger partial charge < -0.3 is 36.2 Å². The number of allylic oxidation sites excluding steroid dienone is 2. The Morgan fingerprint density at radius 3 is 2.49 bits per heavy atom. The van der Waals surface area contributed by atoms with Crippen LogP contribution in [0, 0.1) is 11.8 Å². The molecule has 10 heteroatoms. The lowest BCUT2D eigenvalue weighted by molar-refractivity contribution is -0.144. The Bertz CT molecular complexity index is 1600. The highest BCUT2D eigenvalue weighted by Gasteiger charge is 2.59. The fourth-order valence-electron chi connectivity index (χ4n) is 7.52. The number of aliphatic hydroxyl groups excluding tert-OH is 2. The second kappa shape index (κ2) is 10.8. The number of fused-ring (bicyclic) bond motifs is 3. The molecule has 2 aromatic rings. The van der Waals surface area contributed by atoms with Crippen molar-refractivity contribution in [3.05, 3.63) is 69.7 Å². The number of ketones is 2. The van der Waals surface area contributed by atoms with E-state index in [1.807, 2.05) is 18.2 Å². The van der Waals surface area contributed by atoms with Crippen LogP contribution in [0.2, 0.25) is 0 Å². The maximum atomic E-state index is 14.0. The number of aliphatic hydroxyl groups is 3. The van der Waals surface area contributed by atoms with E-state index < -0.39 is 52.0 Å². The predicted octanol–water partition coefficient (Wildman–Crippen LogP) is 3.68. The predicted molar refractivity (Wildman–Crippen MR) is 157 cm³/mol. The number of amides is 1. The molecule has 1 saturated carbocycles. The van der Waals surface area contributed by atoms with Crippen molar-refractivity contribution in [1.82, 2.24) is 5.32 Å². The van der Waals surface area contributed by atoms with Crippen LogP contribution >= 0.6 is 0 Å². The molecule has 43 heavy (non-hydrogen) atoms. The van der Waals surface area contributed by atoms with Crippen molar-refractivity contribution in [3.63, 3.8) is 0 Å². The molecule has 4 aliphatic carbocycles. The number of benzene rings is 2. The summed E-state index contributed by atoms with van der Waals surface area (Å²) in [6.07, 6.45) is 6.04. The molecule has 0 radical (unpaired) electrons. The van der Waals surface area contributed by atoms with Crippen molar-refractivity contribution >= 4 is 17.5 Å². The molecular weight excluding hydrogens is 552 g/mol. The lowest BCUT2D eigenvalue weighted by Gasteiger charge is -2.45. The van der Waals surface area contributed by atoms with E-state index in [0.717, 1.165) is 24.0 Å². The zero-order valence-electron chi connectivity index (χ0n) is 24.0. The van der Waals surface area contributed by atoms with Crippen LogP contribution in [-0.4, -0.2) is 56.7 Å². The van der Waals surface area contributed by atoms with Crippen LogP contribution in [0.3, 0.4) is 0 Å². The quantitative estimate of drug-likeness (QED) is 0.275. The van der Waals surface area contributed by atoms with Crippen molar-refractivity contribution in [2.45, 2.75) is 69.6 Å². The minimum Gasteiger partial charge on any atom is -0.511 e. The Morgan fingerprint density at radius 1 is 1.05 bits per heavy atom. The third kappa shape index (κ3) is 4.60. The van der Waals surface area contributed by atoms with Crippen LogP contribution in [-0.2, 0) is 22.6 Å². The van der Waals surface area contributed by atoms with Gasteiger partial charge in [-0.3, -0.25) is 14.4 Å². The first-order valence-electron chi connectivity index (χ1n) is 14.8. The number of phenolic OH excluding ortho intramolecular Hbond substituents is 1. The number of hydrogen-bond acceptors (Lipinski definition) is 9. The lowest BCUT2D eigenvalue weighted by Crippen LogP contribution is -2.57. The molecule has 0 aromatic heterocycles. The number of hydrogen-bond donors (Lipinski definition) is 6. The molecule has 1 fully saturated rings. The molecule has 0 spiro atoms. The van der Waals surface area contributed by atoms with Gasteiger partial charge in [0.25, 0.3) is 5.91 Å². The molecule has 7 N–H and O–H groups in total. The second-order valence-electron chi connectivity index (χ2n) is 12.1. The molecule has 0 aliphatic heterocycles. The van der Waals surface area contributed by atoms with Crippen molar-refractivity contribution in [2.24, 2.45) is 17.6 Å². The zero-order chi connectivity index (χ0) is 30.6. The van der Waals surface area contributed by atoms with E-state index in [2.05, 4.69) is 5.32 Å². The Balaban J connectivity index is 1.41. The van der Waals surface area contributed by atoms with E-state index in [1.54, 1.807) is 13.2 Å². The lowest BCUT2D eigenvalue weighted by atomic mass is 9.60. The van der Waals surface area contributed by atoms with Crippen LogP contribution in [0.25, 0.3) is 11.1 Å². The van der Waals surface area contributed by atoms with Gasteiger partial charge in [0.05, 0.1) is 12.7 Å². The van der Waals surface area contributed by atoms with Gasteiger partial charge in [0, 0.05) is 36.1 Å². The van der Waals surface area contributed by atoms with Gasteiger partial charge in [-0.25, -0.2) is 0 Å². The third-order valence-electron chi connectivity index (χ3n) is 9.70. The molecule has 3 atom stereocenters. The molecule has 0 saturated heterocycles. The fourth-order valence-corrected chi connectivity index (χ4v) is 7.52. The largest absolute Gasteiger partial charge is 0.511 e. The molecule has 0 bridgehead atoms.